The number of nitrogens with zero attached hydrogens (tertiary/aromatic N) is 2. The molecule has 0 spiro atoms. The Bertz CT molecular complexity index is 1240. The Labute approximate surface area is 177 Å². The summed E-state index contributed by atoms with van der Waals surface area (Å²) in [5.41, 5.74) is 4.88. The van der Waals surface area contributed by atoms with Gasteiger partial charge < -0.3 is 14.9 Å². The van der Waals surface area contributed by atoms with Crippen molar-refractivity contribution in [3.05, 3.63) is 56.2 Å². The van der Waals surface area contributed by atoms with Crippen LogP contribution in [0.3, 0.4) is 0 Å². The highest BCUT2D eigenvalue weighted by atomic mass is 19.1. The lowest BCUT2D eigenvalue weighted by atomic mass is 10.1. The van der Waals surface area contributed by atoms with E-state index in [2.05, 4.69) is 4.98 Å². The van der Waals surface area contributed by atoms with Crippen LogP contribution in [0.25, 0.3) is 11.0 Å². The Morgan fingerprint density at radius 1 is 1.35 bits per heavy atom. The van der Waals surface area contributed by atoms with Gasteiger partial charge in [0.1, 0.15) is 5.82 Å². The number of carbonyl (C=O) groups is 1. The number of methoxy groups -OCH3 is 1. The van der Waals surface area contributed by atoms with Crippen molar-refractivity contribution in [2.24, 2.45) is 5.92 Å². The fourth-order valence-corrected chi connectivity index (χ4v) is 3.42. The highest BCUT2D eigenvalue weighted by molar-refractivity contribution is 6.09. The van der Waals surface area contributed by atoms with Crippen LogP contribution < -0.4 is 21.9 Å². The fraction of sp³-hybridized carbons (Fsp3) is 0.381. The minimum atomic E-state index is -0.813. The molecule has 1 amide bonds. The van der Waals surface area contributed by atoms with Crippen molar-refractivity contribution in [3.63, 3.8) is 0 Å². The van der Waals surface area contributed by atoms with Crippen LogP contribution in [0.4, 0.5) is 15.9 Å². The molecule has 9 nitrogen and oxygen atoms in total. The molecule has 10 heteroatoms. The van der Waals surface area contributed by atoms with E-state index in [9.17, 15) is 18.8 Å². The summed E-state index contributed by atoms with van der Waals surface area (Å²) in [4.78, 5) is 41.7. The molecule has 0 fully saturated rings. The molecule has 3 aromatic rings. The third-order valence-electron chi connectivity index (χ3n) is 4.91. The maximum Gasteiger partial charge on any atom is 0.330 e. The Hall–Kier alpha value is -3.40. The van der Waals surface area contributed by atoms with Gasteiger partial charge in [-0.2, -0.15) is 0 Å². The number of nitrogens with two attached hydrogens (primary N) is 1. The smallest absolute Gasteiger partial charge is 0.330 e. The number of aromatic nitrogens is 2. The number of nitrogens with one attached hydrogen (secondary N) is 1. The topological polar surface area (TPSA) is 124 Å². The van der Waals surface area contributed by atoms with E-state index in [0.29, 0.717) is 10.9 Å². The van der Waals surface area contributed by atoms with E-state index in [1.54, 1.807) is 13.0 Å². The number of aryl methyl sites for hydroxylation is 1. The predicted molar refractivity (Wildman–Crippen MR) is 115 cm³/mol. The number of amides is 1. The number of para-hydroxylation sites is 1. The van der Waals surface area contributed by atoms with E-state index < -0.39 is 23.0 Å². The zero-order valence-corrected chi connectivity index (χ0v) is 17.8. The van der Waals surface area contributed by atoms with Crippen LogP contribution >= 0.6 is 0 Å². The minimum Gasteiger partial charge on any atom is -0.448 e. The summed E-state index contributed by atoms with van der Waals surface area (Å²) in [6.45, 7) is 5.69. The van der Waals surface area contributed by atoms with Crippen LogP contribution in [-0.2, 0) is 11.3 Å². The molecule has 0 saturated carbocycles. The Morgan fingerprint density at radius 3 is 2.68 bits per heavy atom. The number of hydrogen-bond donors (Lipinski definition) is 2. The summed E-state index contributed by atoms with van der Waals surface area (Å²) < 4.78 is 26.0. The number of ether oxygens (including phenoxy) is 1. The second-order valence-corrected chi connectivity index (χ2v) is 7.62. The van der Waals surface area contributed by atoms with Gasteiger partial charge in [-0.1, -0.05) is 26.0 Å². The number of halogens is 1. The molecule has 0 atom stereocenters. The first kappa shape index (κ1) is 22.3. The third-order valence-corrected chi connectivity index (χ3v) is 4.91. The number of anilines is 2. The molecule has 2 heterocycles. The zero-order chi connectivity index (χ0) is 22.9. The lowest BCUT2D eigenvalue weighted by Gasteiger charge is -2.24. The Morgan fingerprint density at radius 2 is 2.06 bits per heavy atom. The van der Waals surface area contributed by atoms with Crippen molar-refractivity contribution in [1.82, 2.24) is 9.55 Å². The monoisotopic (exact) mass is 432 g/mol. The number of furan rings is 1. The summed E-state index contributed by atoms with van der Waals surface area (Å²) in [5.74, 6) is -1.52. The number of hydrogen-bond acceptors (Lipinski definition) is 6. The zero-order valence-electron chi connectivity index (χ0n) is 17.8. The molecule has 3 rings (SSSR count). The van der Waals surface area contributed by atoms with Crippen LogP contribution in [0, 0.1) is 18.7 Å². The number of H-pyrrole nitrogens is 1. The van der Waals surface area contributed by atoms with Gasteiger partial charge >= 0.3 is 5.69 Å². The summed E-state index contributed by atoms with van der Waals surface area (Å²) in [6.07, 6.45) is 0. The molecule has 0 saturated heterocycles. The second kappa shape index (κ2) is 8.76. The van der Waals surface area contributed by atoms with E-state index >= 15 is 0 Å². The minimum absolute atomic E-state index is 0.0402. The molecule has 0 aliphatic carbocycles. The largest absolute Gasteiger partial charge is 0.448 e. The van der Waals surface area contributed by atoms with E-state index in [0.717, 1.165) is 4.90 Å². The quantitative estimate of drug-likeness (QED) is 0.590. The van der Waals surface area contributed by atoms with Crippen LogP contribution in [0.5, 0.6) is 0 Å². The molecular weight excluding hydrogens is 407 g/mol. The van der Waals surface area contributed by atoms with Gasteiger partial charge in [-0.25, -0.2) is 9.18 Å². The van der Waals surface area contributed by atoms with Gasteiger partial charge in [0.25, 0.3) is 11.5 Å². The molecule has 0 radical (unpaired) electrons. The number of aromatic amines is 1. The number of rotatable bonds is 7. The third kappa shape index (κ3) is 4.11. The molecular formula is C21H25FN4O5. The van der Waals surface area contributed by atoms with Gasteiger partial charge in [0.2, 0.25) is 0 Å². The predicted octanol–water partition coefficient (Wildman–Crippen LogP) is 2.26. The maximum absolute atomic E-state index is 14.2. The van der Waals surface area contributed by atoms with Crippen molar-refractivity contribution >= 4 is 28.4 Å². The van der Waals surface area contributed by atoms with Crippen molar-refractivity contribution in [1.29, 1.82) is 0 Å². The standard InChI is InChI=1S/C21H25FN4O5/c1-11(2)10-26-18(23)15(19(27)24-21(26)29)25(8-9-30-4)20(28)16-12(3)13-6-5-7-14(22)17(13)31-16/h5-7,11H,8-10,23H2,1-4H3,(H,24,27,29). The summed E-state index contributed by atoms with van der Waals surface area (Å²) in [5, 5.41) is 0.446. The van der Waals surface area contributed by atoms with Crippen LogP contribution in [0.1, 0.15) is 30.0 Å². The van der Waals surface area contributed by atoms with Crippen molar-refractivity contribution in [3.8, 4) is 0 Å². The van der Waals surface area contributed by atoms with Gasteiger partial charge in [0.05, 0.1) is 13.2 Å². The average molecular weight is 432 g/mol. The van der Waals surface area contributed by atoms with Crippen LogP contribution in [0.2, 0.25) is 0 Å². The summed E-state index contributed by atoms with van der Waals surface area (Å²) in [7, 11) is 1.44. The summed E-state index contributed by atoms with van der Waals surface area (Å²) in [6, 6.07) is 4.38. The van der Waals surface area contributed by atoms with Crippen LogP contribution in [0.15, 0.2) is 32.2 Å². The van der Waals surface area contributed by atoms with Gasteiger partial charge in [-0.3, -0.25) is 24.0 Å². The van der Waals surface area contributed by atoms with Crippen molar-refractivity contribution in [2.75, 3.05) is 30.9 Å². The van der Waals surface area contributed by atoms with E-state index in [1.807, 2.05) is 13.8 Å². The highest BCUT2D eigenvalue weighted by Crippen LogP contribution is 2.29. The highest BCUT2D eigenvalue weighted by Gasteiger charge is 2.29. The van der Waals surface area contributed by atoms with E-state index in [-0.39, 0.29) is 48.5 Å². The van der Waals surface area contributed by atoms with E-state index in [4.69, 9.17) is 14.9 Å². The molecule has 31 heavy (non-hydrogen) atoms. The maximum atomic E-state index is 14.2. The number of fused-ring (bicyclic) bond motifs is 1. The first-order valence-electron chi connectivity index (χ1n) is 9.78. The Kier molecular flexibility index (Phi) is 6.30. The normalized spacial score (nSPS) is 11.4. The molecule has 0 unspecified atom stereocenters. The average Bonchev–Trinajstić information content (AvgIpc) is 3.05. The van der Waals surface area contributed by atoms with Gasteiger partial charge in [-0.15, -0.1) is 0 Å². The Balaban J connectivity index is 2.19. The lowest BCUT2D eigenvalue weighted by Crippen LogP contribution is -2.43. The van der Waals surface area contributed by atoms with E-state index in [1.165, 1.54) is 23.8 Å². The number of nitrogen functional groups attached to an aromatic ring is 1. The molecule has 0 aliphatic rings. The molecule has 3 N–H and O–H groups in total. The molecule has 2 aromatic heterocycles. The lowest BCUT2D eigenvalue weighted by molar-refractivity contribution is 0.0950. The van der Waals surface area contributed by atoms with Crippen molar-refractivity contribution in [2.45, 2.75) is 27.3 Å². The molecule has 166 valence electrons. The fourth-order valence-electron chi connectivity index (χ4n) is 3.42. The SMILES string of the molecule is COCCN(C(=O)c1oc2c(F)cccc2c1C)c1c(N)n(CC(C)C)c(=O)[nH]c1=O. The van der Waals surface area contributed by atoms with Gasteiger partial charge in [0, 0.05) is 24.6 Å². The van der Waals surface area contributed by atoms with Crippen molar-refractivity contribution < 1.29 is 18.3 Å². The molecule has 0 bridgehead atoms. The number of carbonyl (C=O) groups excluding carboxylic acids is 1. The second-order valence-electron chi connectivity index (χ2n) is 7.62. The number of benzene rings is 1. The molecule has 0 aliphatic heterocycles. The van der Waals surface area contributed by atoms with Gasteiger partial charge in [0.15, 0.2) is 22.8 Å². The van der Waals surface area contributed by atoms with Crippen LogP contribution in [-0.4, -0.2) is 35.7 Å². The first-order valence-corrected chi connectivity index (χ1v) is 9.78. The van der Waals surface area contributed by atoms with Gasteiger partial charge in [-0.05, 0) is 18.9 Å². The summed E-state index contributed by atoms with van der Waals surface area (Å²) >= 11 is 0. The molecule has 1 aromatic carbocycles. The first-order chi connectivity index (χ1) is 14.7.